The molecule has 0 aliphatic rings. The van der Waals surface area contributed by atoms with Crippen LogP contribution in [0.1, 0.15) is 38.8 Å². The van der Waals surface area contributed by atoms with Crippen molar-refractivity contribution in [3.63, 3.8) is 0 Å². The zero-order valence-corrected chi connectivity index (χ0v) is 13.2. The van der Waals surface area contributed by atoms with Gasteiger partial charge in [-0.3, -0.25) is 0 Å². The summed E-state index contributed by atoms with van der Waals surface area (Å²) in [5.74, 6) is 1.36. The van der Waals surface area contributed by atoms with E-state index >= 15 is 0 Å². The maximum Gasteiger partial charge on any atom is 0.0396 e. The van der Waals surface area contributed by atoms with E-state index in [2.05, 4.69) is 57.7 Å². The van der Waals surface area contributed by atoms with Crippen molar-refractivity contribution in [1.82, 2.24) is 0 Å². The summed E-state index contributed by atoms with van der Waals surface area (Å²) in [6.45, 7) is 14.3. The first-order valence-electron chi connectivity index (χ1n) is 7.48. The second-order valence-corrected chi connectivity index (χ2v) is 6.35. The highest BCUT2D eigenvalue weighted by Crippen LogP contribution is 2.23. The van der Waals surface area contributed by atoms with Crippen LogP contribution in [-0.4, -0.2) is 19.6 Å². The number of anilines is 1. The molecule has 0 unspecified atom stereocenters. The van der Waals surface area contributed by atoms with E-state index in [1.807, 2.05) is 0 Å². The molecule has 1 aromatic rings. The molecule has 0 bridgehead atoms. The molecule has 0 atom stereocenters. The lowest BCUT2D eigenvalue weighted by atomic mass is 10.0. The summed E-state index contributed by atoms with van der Waals surface area (Å²) in [6.07, 6.45) is 0.968. The molecule has 0 aliphatic carbocycles. The number of nitrogens with two attached hydrogens (primary N) is 1. The van der Waals surface area contributed by atoms with Crippen LogP contribution in [0.4, 0.5) is 5.69 Å². The van der Waals surface area contributed by atoms with Gasteiger partial charge < -0.3 is 10.6 Å². The van der Waals surface area contributed by atoms with Crippen LogP contribution in [0.2, 0.25) is 0 Å². The monoisotopic (exact) mass is 262 g/mol. The number of rotatable bonds is 7. The van der Waals surface area contributed by atoms with Gasteiger partial charge in [0, 0.05) is 18.8 Å². The molecule has 108 valence electrons. The quantitative estimate of drug-likeness (QED) is 0.813. The van der Waals surface area contributed by atoms with Crippen molar-refractivity contribution in [3.8, 4) is 0 Å². The number of hydrogen-bond donors (Lipinski definition) is 1. The van der Waals surface area contributed by atoms with E-state index in [4.69, 9.17) is 5.73 Å². The molecule has 0 aromatic heterocycles. The van der Waals surface area contributed by atoms with Gasteiger partial charge in [-0.15, -0.1) is 0 Å². The standard InChI is InChI=1S/C17H30N2/c1-13(2)11-19(12-14(3)4)17-7-6-16(8-9-18)10-15(17)5/h6-7,10,13-14H,8-9,11-12,18H2,1-5H3. The molecule has 0 amide bonds. The largest absolute Gasteiger partial charge is 0.371 e. The molecule has 0 saturated carbocycles. The molecule has 2 N–H and O–H groups in total. The molecule has 2 nitrogen and oxygen atoms in total. The minimum atomic E-state index is 0.682. The highest BCUT2D eigenvalue weighted by Gasteiger charge is 2.12. The molecule has 0 heterocycles. The third-order valence-electron chi connectivity index (χ3n) is 3.21. The van der Waals surface area contributed by atoms with Crippen molar-refractivity contribution in [2.75, 3.05) is 24.5 Å². The number of hydrogen-bond acceptors (Lipinski definition) is 2. The van der Waals surface area contributed by atoms with E-state index in [9.17, 15) is 0 Å². The predicted molar refractivity (Wildman–Crippen MR) is 85.8 cm³/mol. The topological polar surface area (TPSA) is 29.3 Å². The smallest absolute Gasteiger partial charge is 0.0396 e. The molecule has 0 saturated heterocycles. The Kier molecular flexibility index (Phi) is 6.36. The van der Waals surface area contributed by atoms with Gasteiger partial charge in [-0.25, -0.2) is 0 Å². The Bertz CT molecular complexity index is 373. The Morgan fingerprint density at radius 2 is 1.63 bits per heavy atom. The lowest BCUT2D eigenvalue weighted by molar-refractivity contribution is 0.552. The highest BCUT2D eigenvalue weighted by atomic mass is 15.1. The fourth-order valence-electron chi connectivity index (χ4n) is 2.55. The average molecular weight is 262 g/mol. The Morgan fingerprint density at radius 3 is 2.05 bits per heavy atom. The third-order valence-corrected chi connectivity index (χ3v) is 3.21. The lowest BCUT2D eigenvalue weighted by Gasteiger charge is -2.30. The summed E-state index contributed by atoms with van der Waals surface area (Å²) in [5.41, 5.74) is 9.72. The normalized spacial score (nSPS) is 11.4. The van der Waals surface area contributed by atoms with E-state index in [0.29, 0.717) is 11.8 Å². The predicted octanol–water partition coefficient (Wildman–Crippen LogP) is 3.61. The first-order chi connectivity index (χ1) is 8.93. The first kappa shape index (κ1) is 16.0. The fourth-order valence-corrected chi connectivity index (χ4v) is 2.55. The maximum absolute atomic E-state index is 5.63. The van der Waals surface area contributed by atoms with Crippen molar-refractivity contribution < 1.29 is 0 Å². The summed E-state index contributed by atoms with van der Waals surface area (Å²) in [4.78, 5) is 2.52. The van der Waals surface area contributed by atoms with Gasteiger partial charge in [-0.05, 0) is 48.9 Å². The summed E-state index contributed by atoms with van der Waals surface area (Å²) in [6, 6.07) is 6.78. The Labute approximate surface area is 119 Å². The van der Waals surface area contributed by atoms with Crippen LogP contribution in [0.15, 0.2) is 18.2 Å². The van der Waals surface area contributed by atoms with Gasteiger partial charge in [0.05, 0.1) is 0 Å². The van der Waals surface area contributed by atoms with Crippen LogP contribution in [0.3, 0.4) is 0 Å². The van der Waals surface area contributed by atoms with Crippen LogP contribution in [-0.2, 0) is 6.42 Å². The van der Waals surface area contributed by atoms with E-state index < -0.39 is 0 Å². The summed E-state index contributed by atoms with van der Waals surface area (Å²) >= 11 is 0. The van der Waals surface area contributed by atoms with Crippen molar-refractivity contribution in [3.05, 3.63) is 29.3 Å². The summed E-state index contributed by atoms with van der Waals surface area (Å²) in [7, 11) is 0. The van der Waals surface area contributed by atoms with Gasteiger partial charge >= 0.3 is 0 Å². The van der Waals surface area contributed by atoms with Crippen LogP contribution in [0, 0.1) is 18.8 Å². The van der Waals surface area contributed by atoms with Crippen LogP contribution < -0.4 is 10.6 Å². The highest BCUT2D eigenvalue weighted by molar-refractivity contribution is 5.54. The SMILES string of the molecule is Cc1cc(CCN)ccc1N(CC(C)C)CC(C)C. The van der Waals surface area contributed by atoms with Crippen molar-refractivity contribution in [2.24, 2.45) is 17.6 Å². The Balaban J connectivity index is 2.94. The van der Waals surface area contributed by atoms with Gasteiger partial charge in [0.2, 0.25) is 0 Å². The molecule has 0 radical (unpaired) electrons. The molecular weight excluding hydrogens is 232 g/mol. The first-order valence-corrected chi connectivity index (χ1v) is 7.48. The molecule has 1 aromatic carbocycles. The lowest BCUT2D eigenvalue weighted by Crippen LogP contribution is -2.31. The van der Waals surface area contributed by atoms with E-state index in [0.717, 1.165) is 26.1 Å². The van der Waals surface area contributed by atoms with Crippen LogP contribution in [0.5, 0.6) is 0 Å². The second-order valence-electron chi connectivity index (χ2n) is 6.35. The van der Waals surface area contributed by atoms with Crippen LogP contribution >= 0.6 is 0 Å². The fraction of sp³-hybridized carbons (Fsp3) is 0.647. The van der Waals surface area contributed by atoms with E-state index in [1.54, 1.807) is 0 Å². The molecule has 0 aliphatic heterocycles. The number of nitrogens with zero attached hydrogens (tertiary/aromatic N) is 1. The van der Waals surface area contributed by atoms with Gasteiger partial charge in [-0.1, -0.05) is 39.8 Å². The second kappa shape index (κ2) is 7.54. The number of aryl methyl sites for hydroxylation is 1. The third kappa shape index (κ3) is 5.23. The van der Waals surface area contributed by atoms with Crippen molar-refractivity contribution in [2.45, 2.75) is 41.0 Å². The summed E-state index contributed by atoms with van der Waals surface area (Å²) < 4.78 is 0. The van der Waals surface area contributed by atoms with Gasteiger partial charge in [0.25, 0.3) is 0 Å². The maximum atomic E-state index is 5.63. The molecule has 19 heavy (non-hydrogen) atoms. The zero-order chi connectivity index (χ0) is 14.4. The summed E-state index contributed by atoms with van der Waals surface area (Å²) in [5, 5.41) is 0. The average Bonchev–Trinajstić information content (AvgIpc) is 2.27. The van der Waals surface area contributed by atoms with E-state index in [-0.39, 0.29) is 0 Å². The van der Waals surface area contributed by atoms with Crippen LogP contribution in [0.25, 0.3) is 0 Å². The molecular formula is C17H30N2. The molecule has 0 fully saturated rings. The van der Waals surface area contributed by atoms with Gasteiger partial charge in [-0.2, -0.15) is 0 Å². The van der Waals surface area contributed by atoms with Crippen molar-refractivity contribution >= 4 is 5.69 Å². The number of benzene rings is 1. The zero-order valence-electron chi connectivity index (χ0n) is 13.2. The minimum absolute atomic E-state index is 0.682. The molecule has 2 heteroatoms. The van der Waals surface area contributed by atoms with Gasteiger partial charge in [0.1, 0.15) is 0 Å². The Morgan fingerprint density at radius 1 is 1.05 bits per heavy atom. The van der Waals surface area contributed by atoms with Gasteiger partial charge in [0.15, 0.2) is 0 Å². The minimum Gasteiger partial charge on any atom is -0.371 e. The molecule has 1 rings (SSSR count). The van der Waals surface area contributed by atoms with Crippen molar-refractivity contribution in [1.29, 1.82) is 0 Å². The molecule has 0 spiro atoms. The Hall–Kier alpha value is -1.02. The van der Waals surface area contributed by atoms with E-state index in [1.165, 1.54) is 16.8 Å².